The summed E-state index contributed by atoms with van der Waals surface area (Å²) in [7, 11) is -4.41. The number of alkyl halides is 3. The van der Waals surface area contributed by atoms with Gasteiger partial charge in [-0.1, -0.05) is 13.8 Å². The highest BCUT2D eigenvalue weighted by Crippen LogP contribution is 2.15. The highest BCUT2D eigenvalue weighted by Gasteiger charge is 2.32. The molecule has 0 aromatic rings. The molecule has 0 spiro atoms. The lowest BCUT2D eigenvalue weighted by Gasteiger charge is -2.01. The summed E-state index contributed by atoms with van der Waals surface area (Å²) in [6.45, 7) is 4.00. The first-order valence-electron chi connectivity index (χ1n) is 2.78. The third-order valence-electron chi connectivity index (χ3n) is 0.365. The minimum atomic E-state index is -4.73. The largest absolute Gasteiger partial charge is 0.404 e. The van der Waals surface area contributed by atoms with Gasteiger partial charge in [-0.3, -0.25) is 0 Å². The Labute approximate surface area is 63.4 Å². The van der Waals surface area contributed by atoms with Gasteiger partial charge in [-0.2, -0.15) is 13.2 Å². The van der Waals surface area contributed by atoms with E-state index < -0.39 is 22.0 Å². The van der Waals surface area contributed by atoms with Crippen LogP contribution >= 0.6 is 0 Å². The smallest absolute Gasteiger partial charge is 0.228 e. The topological polar surface area (TPSA) is 60.2 Å². The normalized spacial score (nSPS) is 11.8. The van der Waals surface area contributed by atoms with E-state index in [1.807, 2.05) is 13.8 Å². The molecule has 0 saturated carbocycles. The van der Waals surface area contributed by atoms with Crippen LogP contribution in [0, 0.1) is 0 Å². The molecule has 2 N–H and O–H groups in total. The maximum absolute atomic E-state index is 11.1. The molecular weight excluding hydrogens is 183 g/mol. The van der Waals surface area contributed by atoms with E-state index in [2.05, 4.69) is 5.14 Å². The Bertz CT molecular complexity index is 184. The van der Waals surface area contributed by atoms with E-state index in [1.54, 1.807) is 0 Å². The summed E-state index contributed by atoms with van der Waals surface area (Å²) in [5.74, 6) is -1.96. The summed E-state index contributed by atoms with van der Waals surface area (Å²) >= 11 is 0. The summed E-state index contributed by atoms with van der Waals surface area (Å²) in [4.78, 5) is 0. The van der Waals surface area contributed by atoms with Crippen LogP contribution in [0.5, 0.6) is 0 Å². The van der Waals surface area contributed by atoms with Gasteiger partial charge >= 0.3 is 6.18 Å². The second kappa shape index (κ2) is 4.55. The van der Waals surface area contributed by atoms with Crippen molar-refractivity contribution in [3.05, 3.63) is 0 Å². The zero-order chi connectivity index (χ0) is 9.71. The van der Waals surface area contributed by atoms with Crippen molar-refractivity contribution in [3.8, 4) is 0 Å². The first kappa shape index (κ1) is 13.3. The zero-order valence-corrected chi connectivity index (χ0v) is 6.96. The standard InChI is InChI=1S/C2H4F3NO2S.C2H6/c3-2(4,5)1-9(6,7)8;1-2/h1H2,(H2,6,7,8);1-2H3. The molecule has 0 rings (SSSR count). The van der Waals surface area contributed by atoms with Gasteiger partial charge in [0.05, 0.1) is 0 Å². The van der Waals surface area contributed by atoms with Crippen molar-refractivity contribution in [2.75, 3.05) is 5.75 Å². The second-order valence-corrected chi connectivity index (χ2v) is 3.04. The molecule has 0 fully saturated rings. The quantitative estimate of drug-likeness (QED) is 0.671. The minimum absolute atomic E-state index is 1.96. The van der Waals surface area contributed by atoms with Crippen LogP contribution in [0.25, 0.3) is 0 Å². The van der Waals surface area contributed by atoms with Crippen molar-refractivity contribution in [1.29, 1.82) is 0 Å². The molecule has 0 atom stereocenters. The fourth-order valence-electron chi connectivity index (χ4n) is 0.228. The van der Waals surface area contributed by atoms with Gasteiger partial charge in [-0.05, 0) is 0 Å². The summed E-state index contributed by atoms with van der Waals surface area (Å²) in [5.41, 5.74) is 0. The third kappa shape index (κ3) is 17.7. The van der Waals surface area contributed by atoms with Crippen molar-refractivity contribution < 1.29 is 21.6 Å². The molecule has 0 aliphatic heterocycles. The lowest BCUT2D eigenvalue weighted by molar-refractivity contribution is -0.106. The van der Waals surface area contributed by atoms with E-state index in [-0.39, 0.29) is 0 Å². The Balaban J connectivity index is 0. The molecule has 3 nitrogen and oxygen atoms in total. The maximum atomic E-state index is 11.1. The molecule has 70 valence electrons. The van der Waals surface area contributed by atoms with Gasteiger partial charge in [0.15, 0.2) is 5.75 Å². The van der Waals surface area contributed by atoms with Gasteiger partial charge in [0.1, 0.15) is 0 Å². The predicted molar refractivity (Wildman–Crippen MR) is 35.4 cm³/mol. The van der Waals surface area contributed by atoms with Gasteiger partial charge in [0.2, 0.25) is 10.0 Å². The molecule has 0 aliphatic rings. The van der Waals surface area contributed by atoms with Gasteiger partial charge in [-0.25, -0.2) is 13.6 Å². The number of hydrogen-bond donors (Lipinski definition) is 1. The lowest BCUT2D eigenvalue weighted by Crippen LogP contribution is -2.28. The van der Waals surface area contributed by atoms with E-state index in [1.165, 1.54) is 0 Å². The molecule has 0 saturated heterocycles. The average Bonchev–Trinajstić information content (AvgIpc) is 1.60. The van der Waals surface area contributed by atoms with Crippen LogP contribution < -0.4 is 5.14 Å². The maximum Gasteiger partial charge on any atom is 0.404 e. The van der Waals surface area contributed by atoms with Crippen molar-refractivity contribution >= 4 is 10.0 Å². The Hall–Kier alpha value is -0.300. The number of halogens is 3. The second-order valence-electron chi connectivity index (χ2n) is 1.42. The number of rotatable bonds is 1. The van der Waals surface area contributed by atoms with Crippen molar-refractivity contribution in [2.45, 2.75) is 20.0 Å². The molecule has 0 amide bonds. The summed E-state index contributed by atoms with van der Waals surface area (Å²) < 4.78 is 52.7. The number of hydrogen-bond acceptors (Lipinski definition) is 2. The molecule has 0 unspecified atom stereocenters. The van der Waals surface area contributed by atoms with Crippen molar-refractivity contribution in [1.82, 2.24) is 0 Å². The van der Waals surface area contributed by atoms with Crippen molar-refractivity contribution in [2.24, 2.45) is 5.14 Å². The molecule has 0 aromatic carbocycles. The van der Waals surface area contributed by atoms with Gasteiger partial charge in [0.25, 0.3) is 0 Å². The number of primary sulfonamides is 1. The Kier molecular flexibility index (Phi) is 5.50. The van der Waals surface area contributed by atoms with Gasteiger partial charge in [0, 0.05) is 0 Å². The Morgan fingerprint density at radius 1 is 1.27 bits per heavy atom. The first-order chi connectivity index (χ1) is 4.71. The van der Waals surface area contributed by atoms with Crippen LogP contribution in [-0.2, 0) is 10.0 Å². The lowest BCUT2D eigenvalue weighted by atomic mass is 10.8. The van der Waals surface area contributed by atoms with E-state index in [0.29, 0.717) is 0 Å². The molecule has 0 aliphatic carbocycles. The number of nitrogens with two attached hydrogens (primary N) is 1. The molecule has 7 heteroatoms. The van der Waals surface area contributed by atoms with Crippen LogP contribution in [0.1, 0.15) is 13.8 Å². The molecule has 0 radical (unpaired) electrons. The summed E-state index contributed by atoms with van der Waals surface area (Å²) in [6, 6.07) is 0. The zero-order valence-electron chi connectivity index (χ0n) is 6.14. The summed E-state index contributed by atoms with van der Waals surface area (Å²) in [5, 5.41) is 4.07. The van der Waals surface area contributed by atoms with Crippen LogP contribution in [0.3, 0.4) is 0 Å². The van der Waals surface area contributed by atoms with Crippen LogP contribution in [-0.4, -0.2) is 20.3 Å². The fourth-order valence-corrected chi connectivity index (χ4v) is 0.684. The molecule has 0 bridgehead atoms. The van der Waals surface area contributed by atoms with E-state index >= 15 is 0 Å². The third-order valence-corrected chi connectivity index (χ3v) is 1.09. The fraction of sp³-hybridized carbons (Fsp3) is 1.00. The van der Waals surface area contributed by atoms with Crippen molar-refractivity contribution in [3.63, 3.8) is 0 Å². The highest BCUT2D eigenvalue weighted by atomic mass is 32.2. The van der Waals surface area contributed by atoms with Crippen LogP contribution in [0.2, 0.25) is 0 Å². The summed E-state index contributed by atoms with van der Waals surface area (Å²) in [6.07, 6.45) is -4.73. The van der Waals surface area contributed by atoms with Gasteiger partial charge < -0.3 is 0 Å². The van der Waals surface area contributed by atoms with Crippen LogP contribution in [0.15, 0.2) is 0 Å². The monoisotopic (exact) mass is 193 g/mol. The molecular formula is C4H10F3NO2S. The highest BCUT2D eigenvalue weighted by molar-refractivity contribution is 7.89. The minimum Gasteiger partial charge on any atom is -0.228 e. The Morgan fingerprint density at radius 2 is 1.55 bits per heavy atom. The molecule has 0 heterocycles. The predicted octanol–water partition coefficient (Wildman–Crippen LogP) is 0.863. The average molecular weight is 193 g/mol. The van der Waals surface area contributed by atoms with E-state index in [4.69, 9.17) is 0 Å². The first-order valence-corrected chi connectivity index (χ1v) is 4.49. The Morgan fingerprint density at radius 3 is 1.55 bits per heavy atom. The van der Waals surface area contributed by atoms with E-state index in [9.17, 15) is 21.6 Å². The molecule has 11 heavy (non-hydrogen) atoms. The number of sulfonamides is 1. The molecule has 0 aromatic heterocycles. The van der Waals surface area contributed by atoms with Gasteiger partial charge in [-0.15, -0.1) is 0 Å². The van der Waals surface area contributed by atoms with Crippen LogP contribution in [0.4, 0.5) is 13.2 Å². The van der Waals surface area contributed by atoms with E-state index in [0.717, 1.165) is 0 Å². The SMILES string of the molecule is CC.NS(=O)(=O)CC(F)(F)F.